The summed E-state index contributed by atoms with van der Waals surface area (Å²) in [5, 5.41) is 2.93. The minimum Gasteiger partial charge on any atom is -0.322 e. The van der Waals surface area contributed by atoms with Crippen molar-refractivity contribution in [2.24, 2.45) is 5.92 Å². The highest BCUT2D eigenvalue weighted by Crippen LogP contribution is 2.32. The molecule has 1 fully saturated rings. The first-order valence-corrected chi connectivity index (χ1v) is 6.37. The summed E-state index contributed by atoms with van der Waals surface area (Å²) in [6, 6.07) is 0. The number of allylic oxidation sites excluding steroid dienone is 8. The summed E-state index contributed by atoms with van der Waals surface area (Å²) in [6.07, 6.45) is 13.2. The Balaban J connectivity index is 2.35. The van der Waals surface area contributed by atoms with E-state index < -0.39 is 0 Å². The topological polar surface area (TPSA) is 29.1 Å². The normalized spacial score (nSPS) is 26.2. The van der Waals surface area contributed by atoms with Crippen LogP contribution in [0.4, 0.5) is 0 Å². The maximum atomic E-state index is 12.0. The molecule has 0 spiro atoms. The van der Waals surface area contributed by atoms with E-state index in [0.717, 1.165) is 28.8 Å². The Bertz CT molecular complexity index is 515. The van der Waals surface area contributed by atoms with E-state index >= 15 is 0 Å². The standard InChI is InChI=1S/C16H19NO/c1-4-5-6-11(2)10-14-13-9-12(3)7-8-15(13)17-16(14)18/h4-6,8-10,12H,7H2,1-3H3,(H,17,18)/b5-4-,11-6+,14-10-. The summed E-state index contributed by atoms with van der Waals surface area (Å²) in [7, 11) is 0. The SMILES string of the molecule is C\C=C/C=C(C)/C=C1\C(=O)NC2=CCC(C)C=C21. The molecule has 1 atom stereocenters. The fourth-order valence-electron chi connectivity index (χ4n) is 2.19. The second-order valence-corrected chi connectivity index (χ2v) is 4.86. The molecule has 0 aromatic heterocycles. The molecule has 0 radical (unpaired) electrons. The van der Waals surface area contributed by atoms with Crippen molar-refractivity contribution in [3.8, 4) is 0 Å². The molecule has 0 aromatic rings. The molecule has 1 heterocycles. The number of amides is 1. The molecule has 0 bridgehead atoms. The average Bonchev–Trinajstić information content (AvgIpc) is 2.63. The molecular weight excluding hydrogens is 222 g/mol. The van der Waals surface area contributed by atoms with Crippen LogP contribution in [0.1, 0.15) is 27.2 Å². The maximum Gasteiger partial charge on any atom is 0.256 e. The predicted octanol–water partition coefficient (Wildman–Crippen LogP) is 3.42. The maximum absolute atomic E-state index is 12.0. The van der Waals surface area contributed by atoms with E-state index in [1.54, 1.807) is 0 Å². The second kappa shape index (κ2) is 5.21. The summed E-state index contributed by atoms with van der Waals surface area (Å²) in [4.78, 5) is 12.0. The predicted molar refractivity (Wildman–Crippen MR) is 74.7 cm³/mol. The molecular formula is C16H19NO. The van der Waals surface area contributed by atoms with Crippen molar-refractivity contribution in [2.45, 2.75) is 27.2 Å². The van der Waals surface area contributed by atoms with Crippen LogP contribution < -0.4 is 5.32 Å². The van der Waals surface area contributed by atoms with Crippen LogP contribution in [0.25, 0.3) is 0 Å². The van der Waals surface area contributed by atoms with Crippen LogP contribution in [0.5, 0.6) is 0 Å². The Morgan fingerprint density at radius 2 is 2.28 bits per heavy atom. The Hall–Kier alpha value is -1.83. The Morgan fingerprint density at radius 3 is 3.00 bits per heavy atom. The highest BCUT2D eigenvalue weighted by Gasteiger charge is 2.29. The molecule has 18 heavy (non-hydrogen) atoms. The van der Waals surface area contributed by atoms with Gasteiger partial charge in [0.05, 0.1) is 0 Å². The summed E-state index contributed by atoms with van der Waals surface area (Å²) < 4.78 is 0. The van der Waals surface area contributed by atoms with Crippen LogP contribution in [-0.4, -0.2) is 5.91 Å². The highest BCUT2D eigenvalue weighted by atomic mass is 16.2. The van der Waals surface area contributed by atoms with Gasteiger partial charge in [-0.25, -0.2) is 0 Å². The Kier molecular flexibility index (Phi) is 3.66. The first-order valence-electron chi connectivity index (χ1n) is 6.37. The zero-order valence-electron chi connectivity index (χ0n) is 11.2. The van der Waals surface area contributed by atoms with Crippen LogP contribution in [0.2, 0.25) is 0 Å². The number of carbonyl (C=O) groups excluding carboxylic acids is 1. The van der Waals surface area contributed by atoms with E-state index in [0.29, 0.717) is 5.92 Å². The lowest BCUT2D eigenvalue weighted by molar-refractivity contribution is -0.115. The van der Waals surface area contributed by atoms with Gasteiger partial charge in [0, 0.05) is 16.8 Å². The molecule has 1 aliphatic heterocycles. The van der Waals surface area contributed by atoms with Gasteiger partial charge < -0.3 is 5.32 Å². The lowest BCUT2D eigenvalue weighted by Gasteiger charge is -2.12. The summed E-state index contributed by atoms with van der Waals surface area (Å²) >= 11 is 0. The zero-order chi connectivity index (χ0) is 13.1. The van der Waals surface area contributed by atoms with Crippen molar-refractivity contribution in [1.29, 1.82) is 0 Å². The summed E-state index contributed by atoms with van der Waals surface area (Å²) in [6.45, 7) is 6.16. The van der Waals surface area contributed by atoms with E-state index in [4.69, 9.17) is 0 Å². The zero-order valence-corrected chi connectivity index (χ0v) is 11.2. The van der Waals surface area contributed by atoms with Crippen molar-refractivity contribution in [3.63, 3.8) is 0 Å². The lowest BCUT2D eigenvalue weighted by Crippen LogP contribution is -2.13. The molecule has 1 aliphatic carbocycles. The van der Waals surface area contributed by atoms with Gasteiger partial charge in [0.2, 0.25) is 0 Å². The quantitative estimate of drug-likeness (QED) is 0.582. The van der Waals surface area contributed by atoms with Crippen LogP contribution in [-0.2, 0) is 4.79 Å². The molecule has 1 N–H and O–H groups in total. The monoisotopic (exact) mass is 241 g/mol. The van der Waals surface area contributed by atoms with Crippen molar-refractivity contribution in [3.05, 3.63) is 58.9 Å². The third kappa shape index (κ3) is 2.53. The minimum absolute atomic E-state index is 0.00910. The third-order valence-electron chi connectivity index (χ3n) is 3.14. The molecule has 2 nitrogen and oxygen atoms in total. The third-order valence-corrected chi connectivity index (χ3v) is 3.14. The number of fused-ring (bicyclic) bond motifs is 1. The molecule has 2 heteroatoms. The smallest absolute Gasteiger partial charge is 0.256 e. The van der Waals surface area contributed by atoms with Gasteiger partial charge in [-0.1, -0.05) is 42.9 Å². The van der Waals surface area contributed by atoms with Crippen molar-refractivity contribution in [2.75, 3.05) is 0 Å². The van der Waals surface area contributed by atoms with E-state index in [1.165, 1.54) is 0 Å². The molecule has 1 amide bonds. The molecule has 1 unspecified atom stereocenters. The fraction of sp³-hybridized carbons (Fsp3) is 0.312. The number of hydrogen-bond acceptors (Lipinski definition) is 1. The average molecular weight is 241 g/mol. The largest absolute Gasteiger partial charge is 0.322 e. The summed E-state index contributed by atoms with van der Waals surface area (Å²) in [5.74, 6) is 0.509. The fourth-order valence-corrected chi connectivity index (χ4v) is 2.19. The van der Waals surface area contributed by atoms with E-state index in [9.17, 15) is 4.79 Å². The number of hydrogen-bond donors (Lipinski definition) is 1. The van der Waals surface area contributed by atoms with E-state index in [2.05, 4.69) is 24.4 Å². The van der Waals surface area contributed by atoms with Gasteiger partial charge in [-0.05, 0) is 32.3 Å². The van der Waals surface area contributed by atoms with Crippen LogP contribution >= 0.6 is 0 Å². The molecule has 0 saturated carbocycles. The number of carbonyl (C=O) groups is 1. The van der Waals surface area contributed by atoms with Gasteiger partial charge in [0.15, 0.2) is 0 Å². The van der Waals surface area contributed by atoms with Gasteiger partial charge in [-0.15, -0.1) is 0 Å². The second-order valence-electron chi connectivity index (χ2n) is 4.86. The first kappa shape index (κ1) is 12.6. The van der Waals surface area contributed by atoms with Crippen LogP contribution in [0.3, 0.4) is 0 Å². The summed E-state index contributed by atoms with van der Waals surface area (Å²) in [5.41, 5.74) is 3.90. The lowest BCUT2D eigenvalue weighted by atomic mass is 9.92. The van der Waals surface area contributed by atoms with Gasteiger partial charge in [0.1, 0.15) is 0 Å². The molecule has 94 valence electrons. The van der Waals surface area contributed by atoms with Gasteiger partial charge in [0.25, 0.3) is 5.91 Å². The highest BCUT2D eigenvalue weighted by molar-refractivity contribution is 6.05. The molecule has 1 saturated heterocycles. The van der Waals surface area contributed by atoms with Gasteiger partial charge in [-0.3, -0.25) is 4.79 Å². The van der Waals surface area contributed by atoms with Gasteiger partial charge in [-0.2, -0.15) is 0 Å². The van der Waals surface area contributed by atoms with Crippen molar-refractivity contribution >= 4 is 5.91 Å². The van der Waals surface area contributed by atoms with E-state index in [-0.39, 0.29) is 5.91 Å². The van der Waals surface area contributed by atoms with E-state index in [1.807, 2.05) is 38.2 Å². The first-order chi connectivity index (χ1) is 8.61. The van der Waals surface area contributed by atoms with Crippen molar-refractivity contribution in [1.82, 2.24) is 5.32 Å². The van der Waals surface area contributed by atoms with Crippen LogP contribution in [0, 0.1) is 5.92 Å². The number of rotatable bonds is 2. The molecule has 0 aromatic carbocycles. The van der Waals surface area contributed by atoms with Crippen LogP contribution in [0.15, 0.2) is 58.9 Å². The van der Waals surface area contributed by atoms with Crippen molar-refractivity contribution < 1.29 is 4.79 Å². The molecule has 2 aliphatic rings. The van der Waals surface area contributed by atoms with Gasteiger partial charge >= 0.3 is 0 Å². The minimum atomic E-state index is 0.00910. The Labute approximate surface area is 108 Å². The number of nitrogens with one attached hydrogen (secondary N) is 1. The molecule has 2 rings (SSSR count). The Morgan fingerprint density at radius 1 is 1.50 bits per heavy atom.